The van der Waals surface area contributed by atoms with Gasteiger partial charge in [-0.25, -0.2) is 4.98 Å². The molecule has 5 nitrogen and oxygen atoms in total. The zero-order valence-electron chi connectivity index (χ0n) is 19.5. The van der Waals surface area contributed by atoms with E-state index in [0.717, 1.165) is 64.3 Å². The van der Waals surface area contributed by atoms with E-state index in [2.05, 4.69) is 53.1 Å². The standard InChI is InChI=1S/C28H25ClN4O/c1-17-16-22-25(19-8-10-20(29)11-9-19)21(12-15-34)18(2)26-27(22)32(17)13-14-33(26)28-30-23-6-4-5-7-24(23)31(28)3/h4-11,15-16H,12-14H2,1-3H3. The van der Waals surface area contributed by atoms with Crippen LogP contribution in [0.25, 0.3) is 33.1 Å². The number of hydrogen-bond donors (Lipinski definition) is 0. The first-order valence-electron chi connectivity index (χ1n) is 11.5. The number of benzene rings is 3. The van der Waals surface area contributed by atoms with Crippen LogP contribution in [0.5, 0.6) is 0 Å². The van der Waals surface area contributed by atoms with Crippen molar-refractivity contribution in [3.63, 3.8) is 0 Å². The predicted molar refractivity (Wildman–Crippen MR) is 139 cm³/mol. The molecule has 3 aromatic carbocycles. The number of aldehydes is 1. The van der Waals surface area contributed by atoms with Gasteiger partial charge < -0.3 is 18.8 Å². The van der Waals surface area contributed by atoms with Crippen LogP contribution in [0.3, 0.4) is 0 Å². The zero-order valence-corrected chi connectivity index (χ0v) is 20.2. The van der Waals surface area contributed by atoms with Crippen molar-refractivity contribution in [1.29, 1.82) is 0 Å². The maximum Gasteiger partial charge on any atom is 0.210 e. The Kier molecular flexibility index (Phi) is 4.78. The van der Waals surface area contributed by atoms with Gasteiger partial charge in [0.05, 0.1) is 22.2 Å². The molecule has 2 aromatic heterocycles. The lowest BCUT2D eigenvalue weighted by Gasteiger charge is -2.33. The molecule has 1 aliphatic heterocycles. The van der Waals surface area contributed by atoms with E-state index in [4.69, 9.17) is 16.6 Å². The Labute approximate surface area is 203 Å². The summed E-state index contributed by atoms with van der Waals surface area (Å²) in [6.45, 7) is 5.99. The van der Waals surface area contributed by atoms with Gasteiger partial charge in [0.1, 0.15) is 6.29 Å². The summed E-state index contributed by atoms with van der Waals surface area (Å²) in [5.41, 5.74) is 10.0. The predicted octanol–water partition coefficient (Wildman–Crippen LogP) is 6.36. The van der Waals surface area contributed by atoms with Gasteiger partial charge in [0.15, 0.2) is 0 Å². The zero-order chi connectivity index (χ0) is 23.6. The van der Waals surface area contributed by atoms with Crippen LogP contribution >= 0.6 is 11.6 Å². The van der Waals surface area contributed by atoms with Gasteiger partial charge in [-0.15, -0.1) is 0 Å². The SMILES string of the molecule is Cc1c(CC=O)c(-c2ccc(Cl)cc2)c2cc(C)n3c2c1N(c1nc2ccccc2n1C)CC3. The highest BCUT2D eigenvalue weighted by Gasteiger charge is 2.30. The van der Waals surface area contributed by atoms with Crippen LogP contribution in [0, 0.1) is 13.8 Å². The van der Waals surface area contributed by atoms with E-state index in [1.165, 1.54) is 16.6 Å². The maximum atomic E-state index is 11.9. The van der Waals surface area contributed by atoms with Crippen molar-refractivity contribution in [2.45, 2.75) is 26.8 Å². The van der Waals surface area contributed by atoms with Crippen LogP contribution in [-0.4, -0.2) is 26.9 Å². The molecule has 0 N–H and O–H groups in total. The van der Waals surface area contributed by atoms with E-state index in [1.54, 1.807) is 0 Å². The summed E-state index contributed by atoms with van der Waals surface area (Å²) in [6.07, 6.45) is 1.36. The molecule has 0 fully saturated rings. The first-order chi connectivity index (χ1) is 16.5. The minimum absolute atomic E-state index is 0.355. The number of halogens is 1. The van der Waals surface area contributed by atoms with Crippen molar-refractivity contribution in [3.05, 3.63) is 76.4 Å². The molecule has 0 spiro atoms. The van der Waals surface area contributed by atoms with Crippen molar-refractivity contribution >= 4 is 51.5 Å². The highest BCUT2D eigenvalue weighted by molar-refractivity contribution is 6.30. The van der Waals surface area contributed by atoms with Crippen molar-refractivity contribution in [2.75, 3.05) is 11.4 Å². The molecule has 0 aliphatic carbocycles. The Balaban J connectivity index is 1.69. The third-order valence-electron chi connectivity index (χ3n) is 7.15. The summed E-state index contributed by atoms with van der Waals surface area (Å²) in [4.78, 5) is 19.2. The highest BCUT2D eigenvalue weighted by atomic mass is 35.5. The number of rotatable bonds is 4. The number of para-hydroxylation sites is 2. The van der Waals surface area contributed by atoms with Crippen LogP contribution in [-0.2, 0) is 24.8 Å². The molecule has 0 amide bonds. The van der Waals surface area contributed by atoms with Gasteiger partial charge in [0.25, 0.3) is 0 Å². The quantitative estimate of drug-likeness (QED) is 0.288. The lowest BCUT2D eigenvalue weighted by Crippen LogP contribution is -2.30. The molecule has 3 heterocycles. The van der Waals surface area contributed by atoms with E-state index < -0.39 is 0 Å². The Bertz CT molecular complexity index is 1590. The molecule has 0 saturated heterocycles. The number of aryl methyl sites for hydroxylation is 2. The van der Waals surface area contributed by atoms with Gasteiger partial charge in [0, 0.05) is 42.7 Å². The van der Waals surface area contributed by atoms with Crippen molar-refractivity contribution in [3.8, 4) is 11.1 Å². The molecule has 34 heavy (non-hydrogen) atoms. The molecular weight excluding hydrogens is 444 g/mol. The fraction of sp³-hybridized carbons (Fsp3) is 0.214. The summed E-state index contributed by atoms with van der Waals surface area (Å²) in [6, 6.07) is 18.4. The van der Waals surface area contributed by atoms with Gasteiger partial charge in [-0.3, -0.25) is 0 Å². The second kappa shape index (κ2) is 7.74. The number of aromatic nitrogens is 3. The fourth-order valence-corrected chi connectivity index (χ4v) is 5.71. The third-order valence-corrected chi connectivity index (χ3v) is 7.40. The second-order valence-electron chi connectivity index (χ2n) is 9.02. The van der Waals surface area contributed by atoms with Crippen molar-refractivity contribution < 1.29 is 4.79 Å². The highest BCUT2D eigenvalue weighted by Crippen LogP contribution is 2.46. The molecule has 0 radical (unpaired) electrons. The number of hydrogen-bond acceptors (Lipinski definition) is 3. The summed E-state index contributed by atoms with van der Waals surface area (Å²) in [5.74, 6) is 0.923. The number of anilines is 2. The topological polar surface area (TPSA) is 43.1 Å². The number of carbonyl (C=O) groups excluding carboxylic acids is 1. The van der Waals surface area contributed by atoms with Gasteiger partial charge in [-0.05, 0) is 66.4 Å². The van der Waals surface area contributed by atoms with Crippen molar-refractivity contribution in [2.24, 2.45) is 7.05 Å². The normalized spacial score (nSPS) is 13.2. The summed E-state index contributed by atoms with van der Waals surface area (Å²) in [5, 5.41) is 1.87. The number of imidazole rings is 1. The Morgan fingerprint density at radius 3 is 2.56 bits per heavy atom. The van der Waals surface area contributed by atoms with Crippen LogP contribution in [0.1, 0.15) is 16.8 Å². The molecule has 1 aliphatic rings. The molecule has 0 atom stereocenters. The summed E-state index contributed by atoms with van der Waals surface area (Å²) in [7, 11) is 2.07. The lowest BCUT2D eigenvalue weighted by atomic mass is 9.89. The average molecular weight is 469 g/mol. The van der Waals surface area contributed by atoms with E-state index in [1.807, 2.05) is 36.4 Å². The average Bonchev–Trinajstić information content (AvgIpc) is 3.35. The minimum Gasteiger partial charge on any atom is -0.341 e. The van der Waals surface area contributed by atoms with E-state index >= 15 is 0 Å². The summed E-state index contributed by atoms with van der Waals surface area (Å²) < 4.78 is 4.57. The van der Waals surface area contributed by atoms with Gasteiger partial charge >= 0.3 is 0 Å². The third kappa shape index (κ3) is 2.93. The number of nitrogens with zero attached hydrogens (tertiary/aromatic N) is 4. The molecule has 6 heteroatoms. The molecule has 170 valence electrons. The first kappa shape index (κ1) is 21.0. The summed E-state index contributed by atoms with van der Waals surface area (Å²) >= 11 is 6.19. The van der Waals surface area contributed by atoms with Crippen LogP contribution < -0.4 is 4.90 Å². The van der Waals surface area contributed by atoms with E-state index in [0.29, 0.717) is 11.4 Å². The first-order valence-corrected chi connectivity index (χ1v) is 11.9. The largest absolute Gasteiger partial charge is 0.341 e. The molecule has 0 unspecified atom stereocenters. The Morgan fingerprint density at radius 1 is 1.06 bits per heavy atom. The second-order valence-corrected chi connectivity index (χ2v) is 9.45. The van der Waals surface area contributed by atoms with E-state index in [-0.39, 0.29) is 0 Å². The molecular formula is C28H25ClN4O. The number of fused-ring (bicyclic) bond motifs is 1. The molecule has 0 bridgehead atoms. The smallest absolute Gasteiger partial charge is 0.210 e. The van der Waals surface area contributed by atoms with Gasteiger partial charge in [-0.1, -0.05) is 35.9 Å². The monoisotopic (exact) mass is 468 g/mol. The van der Waals surface area contributed by atoms with Crippen LogP contribution in [0.15, 0.2) is 54.6 Å². The van der Waals surface area contributed by atoms with Crippen LogP contribution in [0.2, 0.25) is 5.02 Å². The molecule has 0 saturated carbocycles. The van der Waals surface area contributed by atoms with Crippen molar-refractivity contribution in [1.82, 2.24) is 14.1 Å². The van der Waals surface area contributed by atoms with Gasteiger partial charge in [0.2, 0.25) is 5.95 Å². The lowest BCUT2D eigenvalue weighted by molar-refractivity contribution is -0.107. The van der Waals surface area contributed by atoms with E-state index in [9.17, 15) is 4.79 Å². The number of carbonyl (C=O) groups is 1. The minimum atomic E-state index is 0.355. The van der Waals surface area contributed by atoms with Gasteiger partial charge in [-0.2, -0.15) is 0 Å². The Morgan fingerprint density at radius 2 is 1.82 bits per heavy atom. The molecule has 5 aromatic rings. The maximum absolute atomic E-state index is 11.9. The fourth-order valence-electron chi connectivity index (χ4n) is 5.58. The Hall–Kier alpha value is -3.57. The molecule has 6 rings (SSSR count). The van der Waals surface area contributed by atoms with Crippen LogP contribution in [0.4, 0.5) is 11.6 Å².